The van der Waals surface area contributed by atoms with Crippen molar-refractivity contribution in [3.8, 4) is 0 Å². The first-order chi connectivity index (χ1) is 6.07. The predicted molar refractivity (Wildman–Crippen MR) is 44.5 cm³/mol. The standard InChI is InChI=1S/C7H12N2O4/c8-7(12)5(9-13)3-1-2-4-6(10)11/h13H,1-4H2,(H2,8,12)(H,10,11). The number of hydrogen-bond acceptors (Lipinski definition) is 4. The van der Waals surface area contributed by atoms with Crippen LogP contribution in [0.15, 0.2) is 5.16 Å². The fourth-order valence-corrected chi connectivity index (χ4v) is 0.791. The molecule has 0 aliphatic heterocycles. The Morgan fingerprint density at radius 3 is 2.15 bits per heavy atom. The molecule has 0 fully saturated rings. The van der Waals surface area contributed by atoms with E-state index < -0.39 is 11.9 Å². The molecule has 0 heterocycles. The zero-order chi connectivity index (χ0) is 10.3. The maximum absolute atomic E-state index is 10.5. The highest BCUT2D eigenvalue weighted by molar-refractivity contribution is 6.38. The SMILES string of the molecule is NC(=O)C(CCCCC(=O)O)=NO. The van der Waals surface area contributed by atoms with Crippen LogP contribution in [-0.2, 0) is 9.59 Å². The molecule has 0 aromatic carbocycles. The van der Waals surface area contributed by atoms with Gasteiger partial charge in [0.15, 0.2) is 0 Å². The summed E-state index contributed by atoms with van der Waals surface area (Å²) in [7, 11) is 0. The number of unbranched alkanes of at least 4 members (excludes halogenated alkanes) is 1. The summed E-state index contributed by atoms with van der Waals surface area (Å²) in [5, 5.41) is 19.2. The van der Waals surface area contributed by atoms with Crippen molar-refractivity contribution in [2.24, 2.45) is 10.9 Å². The summed E-state index contributed by atoms with van der Waals surface area (Å²) >= 11 is 0. The van der Waals surface area contributed by atoms with E-state index >= 15 is 0 Å². The second kappa shape index (κ2) is 5.99. The molecule has 4 N–H and O–H groups in total. The Labute approximate surface area is 75.0 Å². The lowest BCUT2D eigenvalue weighted by Crippen LogP contribution is -2.23. The van der Waals surface area contributed by atoms with Crippen LogP contribution < -0.4 is 5.73 Å². The number of rotatable bonds is 6. The largest absolute Gasteiger partial charge is 0.481 e. The minimum absolute atomic E-state index is 0.0392. The van der Waals surface area contributed by atoms with Crippen molar-refractivity contribution in [1.29, 1.82) is 0 Å². The number of aliphatic carboxylic acids is 1. The van der Waals surface area contributed by atoms with E-state index in [1.54, 1.807) is 0 Å². The van der Waals surface area contributed by atoms with E-state index in [0.29, 0.717) is 12.8 Å². The molecule has 0 rings (SSSR count). The van der Waals surface area contributed by atoms with E-state index in [-0.39, 0.29) is 18.6 Å². The highest BCUT2D eigenvalue weighted by Crippen LogP contribution is 2.01. The van der Waals surface area contributed by atoms with Crippen LogP contribution in [0, 0.1) is 0 Å². The molecule has 13 heavy (non-hydrogen) atoms. The molecule has 0 unspecified atom stereocenters. The van der Waals surface area contributed by atoms with E-state index in [4.69, 9.17) is 16.0 Å². The number of oxime groups is 1. The molecule has 0 aromatic heterocycles. The molecule has 0 saturated carbocycles. The van der Waals surface area contributed by atoms with Crippen LogP contribution in [0.1, 0.15) is 25.7 Å². The molecule has 74 valence electrons. The minimum atomic E-state index is -0.887. The van der Waals surface area contributed by atoms with Crippen molar-refractivity contribution in [3.05, 3.63) is 0 Å². The van der Waals surface area contributed by atoms with Gasteiger partial charge in [-0.05, 0) is 19.3 Å². The van der Waals surface area contributed by atoms with Gasteiger partial charge in [0, 0.05) is 6.42 Å². The second-order valence-corrected chi connectivity index (χ2v) is 2.51. The number of nitrogens with zero attached hydrogens (tertiary/aromatic N) is 1. The number of amides is 1. The first-order valence-electron chi connectivity index (χ1n) is 3.80. The van der Waals surface area contributed by atoms with Crippen molar-refractivity contribution >= 4 is 17.6 Å². The molecule has 6 heteroatoms. The molecule has 0 atom stereocenters. The van der Waals surface area contributed by atoms with E-state index in [1.807, 2.05) is 0 Å². The number of hydrogen-bond donors (Lipinski definition) is 3. The van der Waals surface area contributed by atoms with E-state index in [1.165, 1.54) is 0 Å². The van der Waals surface area contributed by atoms with Gasteiger partial charge in [-0.2, -0.15) is 0 Å². The minimum Gasteiger partial charge on any atom is -0.481 e. The third-order valence-electron chi connectivity index (χ3n) is 1.46. The van der Waals surface area contributed by atoms with Crippen LogP contribution in [-0.4, -0.2) is 27.9 Å². The summed E-state index contributed by atoms with van der Waals surface area (Å²) in [5.74, 6) is -1.67. The highest BCUT2D eigenvalue weighted by atomic mass is 16.4. The van der Waals surface area contributed by atoms with Crippen molar-refractivity contribution in [3.63, 3.8) is 0 Å². The van der Waals surface area contributed by atoms with Crippen LogP contribution in [0.3, 0.4) is 0 Å². The molecule has 0 aliphatic carbocycles. The first-order valence-corrected chi connectivity index (χ1v) is 3.80. The third kappa shape index (κ3) is 5.66. The van der Waals surface area contributed by atoms with Crippen molar-refractivity contribution < 1.29 is 19.9 Å². The lowest BCUT2D eigenvalue weighted by Gasteiger charge is -1.98. The molecular formula is C7H12N2O4. The molecule has 0 bridgehead atoms. The van der Waals surface area contributed by atoms with E-state index in [2.05, 4.69) is 5.16 Å². The van der Waals surface area contributed by atoms with E-state index in [0.717, 1.165) is 0 Å². The first kappa shape index (κ1) is 11.4. The lowest BCUT2D eigenvalue weighted by atomic mass is 10.1. The normalized spacial score (nSPS) is 11.2. The van der Waals surface area contributed by atoms with Gasteiger partial charge in [-0.25, -0.2) is 0 Å². The van der Waals surface area contributed by atoms with Gasteiger partial charge < -0.3 is 16.0 Å². The van der Waals surface area contributed by atoms with Gasteiger partial charge in [0.05, 0.1) is 0 Å². The summed E-state index contributed by atoms with van der Waals surface area (Å²) in [6.07, 6.45) is 1.15. The van der Waals surface area contributed by atoms with Gasteiger partial charge >= 0.3 is 5.97 Å². The van der Waals surface area contributed by atoms with Crippen molar-refractivity contribution in [1.82, 2.24) is 0 Å². The van der Waals surface area contributed by atoms with Gasteiger partial charge in [-0.1, -0.05) is 5.16 Å². The van der Waals surface area contributed by atoms with Crippen LogP contribution in [0.4, 0.5) is 0 Å². The number of nitrogens with two attached hydrogens (primary N) is 1. The third-order valence-corrected chi connectivity index (χ3v) is 1.46. The molecule has 0 radical (unpaired) electrons. The lowest BCUT2D eigenvalue weighted by molar-refractivity contribution is -0.137. The maximum Gasteiger partial charge on any atom is 0.303 e. The van der Waals surface area contributed by atoms with Crippen LogP contribution >= 0.6 is 0 Å². The van der Waals surface area contributed by atoms with Gasteiger partial charge in [0.25, 0.3) is 5.91 Å². The Morgan fingerprint density at radius 2 is 1.77 bits per heavy atom. The summed E-state index contributed by atoms with van der Waals surface area (Å²) in [4.78, 5) is 20.5. The monoisotopic (exact) mass is 188 g/mol. The maximum atomic E-state index is 10.5. The summed E-state index contributed by atoms with van der Waals surface area (Å²) in [6, 6.07) is 0. The number of carbonyl (C=O) groups excluding carboxylic acids is 1. The highest BCUT2D eigenvalue weighted by Gasteiger charge is 2.07. The smallest absolute Gasteiger partial charge is 0.303 e. The van der Waals surface area contributed by atoms with Gasteiger partial charge in [0.1, 0.15) is 5.71 Å². The molecule has 6 nitrogen and oxygen atoms in total. The van der Waals surface area contributed by atoms with E-state index in [9.17, 15) is 9.59 Å². The zero-order valence-electron chi connectivity index (χ0n) is 7.06. The van der Waals surface area contributed by atoms with Gasteiger partial charge in [-0.15, -0.1) is 0 Å². The van der Waals surface area contributed by atoms with Crippen LogP contribution in [0.25, 0.3) is 0 Å². The topological polar surface area (TPSA) is 113 Å². The Bertz CT molecular complexity index is 225. The average Bonchev–Trinajstić information content (AvgIpc) is 2.03. The van der Waals surface area contributed by atoms with Crippen LogP contribution in [0.2, 0.25) is 0 Å². The molecule has 0 aromatic rings. The molecular weight excluding hydrogens is 176 g/mol. The summed E-state index contributed by atoms with van der Waals surface area (Å²) in [6.45, 7) is 0. The van der Waals surface area contributed by atoms with Crippen LogP contribution in [0.5, 0.6) is 0 Å². The predicted octanol–water partition coefficient (Wildman–Crippen LogP) is -0.0531. The van der Waals surface area contributed by atoms with Gasteiger partial charge in [-0.3, -0.25) is 9.59 Å². The Kier molecular flexibility index (Phi) is 5.25. The molecule has 0 spiro atoms. The Morgan fingerprint density at radius 1 is 1.23 bits per heavy atom. The Balaban J connectivity index is 3.63. The number of carboxylic acids is 1. The number of carboxylic acid groups (broad SMARTS) is 1. The number of carbonyl (C=O) groups is 2. The van der Waals surface area contributed by atoms with Crippen molar-refractivity contribution in [2.75, 3.05) is 0 Å². The van der Waals surface area contributed by atoms with Gasteiger partial charge in [0.2, 0.25) is 0 Å². The average molecular weight is 188 g/mol. The molecule has 1 amide bonds. The number of primary amides is 1. The zero-order valence-corrected chi connectivity index (χ0v) is 7.06. The quantitative estimate of drug-likeness (QED) is 0.234. The fourth-order valence-electron chi connectivity index (χ4n) is 0.791. The summed E-state index contributed by atoms with van der Waals surface area (Å²) < 4.78 is 0. The Hall–Kier alpha value is -1.59. The second-order valence-electron chi connectivity index (χ2n) is 2.51. The van der Waals surface area contributed by atoms with Crippen molar-refractivity contribution in [2.45, 2.75) is 25.7 Å². The molecule has 0 saturated heterocycles. The summed E-state index contributed by atoms with van der Waals surface area (Å²) in [5.41, 5.74) is 4.72. The fraction of sp³-hybridized carbons (Fsp3) is 0.571. The molecule has 0 aliphatic rings.